The Hall–Kier alpha value is -1.82. The van der Waals surface area contributed by atoms with Crippen molar-refractivity contribution in [3.05, 3.63) is 71.4 Å². The highest BCUT2D eigenvalue weighted by atomic mass is 127. The molecule has 0 N–H and O–H groups in total. The van der Waals surface area contributed by atoms with Crippen LogP contribution < -0.4 is 0 Å². The lowest BCUT2D eigenvalue weighted by atomic mass is 10.0. The monoisotopic (exact) mass is 417 g/mol. The van der Waals surface area contributed by atoms with Gasteiger partial charge in [0.15, 0.2) is 0 Å². The van der Waals surface area contributed by atoms with Gasteiger partial charge in [-0.05, 0) is 23.3 Å². The van der Waals surface area contributed by atoms with Gasteiger partial charge in [0.25, 0.3) is 0 Å². The minimum Gasteiger partial charge on any atom is -0.458 e. The molecule has 0 spiro atoms. The number of carbonyl (C=O) groups is 1. The number of esters is 1. The van der Waals surface area contributed by atoms with Gasteiger partial charge in [0, 0.05) is 34.5 Å². The van der Waals surface area contributed by atoms with Crippen molar-refractivity contribution in [2.75, 3.05) is 4.43 Å². The van der Waals surface area contributed by atoms with E-state index in [1.165, 1.54) is 11.1 Å². The Morgan fingerprint density at radius 3 is 2.74 bits per heavy atom. The van der Waals surface area contributed by atoms with Crippen LogP contribution in [0.4, 0.5) is 0 Å². The number of aromatic nitrogens is 1. The third-order valence-electron chi connectivity index (χ3n) is 4.29. The Bertz CT molecular complexity index is 870. The Labute approximate surface area is 148 Å². The molecule has 1 aliphatic rings. The number of benzene rings is 2. The Kier molecular flexibility index (Phi) is 3.85. The van der Waals surface area contributed by atoms with Gasteiger partial charge in [-0.25, -0.2) is 4.79 Å². The van der Waals surface area contributed by atoms with Crippen molar-refractivity contribution in [2.45, 2.75) is 19.1 Å². The molecule has 4 heteroatoms. The first kappa shape index (κ1) is 14.8. The zero-order valence-corrected chi connectivity index (χ0v) is 14.7. The smallest absolute Gasteiger partial charge is 0.339 e. The molecular weight excluding hydrogens is 401 g/mol. The highest BCUT2D eigenvalue weighted by Gasteiger charge is 2.26. The van der Waals surface area contributed by atoms with Crippen LogP contribution in [0.15, 0.2) is 54.7 Å². The molecule has 2 heterocycles. The third kappa shape index (κ3) is 2.65. The molecule has 1 aliphatic heterocycles. The fraction of sp³-hybridized carbons (Fsp3) is 0.211. The van der Waals surface area contributed by atoms with E-state index >= 15 is 0 Å². The second-order valence-electron chi connectivity index (χ2n) is 5.85. The maximum absolute atomic E-state index is 12.4. The standard InChI is InChI=1S/C19H16INO2/c20-10-15-9-14-12-21(11-13-5-2-1-3-6-13)17-8-4-7-16(18(14)17)19(22)23-15/h1-8,12,15H,9-11H2. The van der Waals surface area contributed by atoms with E-state index in [2.05, 4.69) is 63.7 Å². The van der Waals surface area contributed by atoms with Crippen molar-refractivity contribution >= 4 is 39.5 Å². The van der Waals surface area contributed by atoms with E-state index in [9.17, 15) is 4.79 Å². The zero-order chi connectivity index (χ0) is 15.8. The predicted molar refractivity (Wildman–Crippen MR) is 99.3 cm³/mol. The van der Waals surface area contributed by atoms with Gasteiger partial charge in [-0.1, -0.05) is 59.0 Å². The van der Waals surface area contributed by atoms with Crippen LogP contribution in [0.3, 0.4) is 0 Å². The third-order valence-corrected chi connectivity index (χ3v) is 5.28. The first-order valence-corrected chi connectivity index (χ1v) is 9.20. The number of ether oxygens (including phenoxy) is 1. The van der Waals surface area contributed by atoms with Gasteiger partial charge in [0.1, 0.15) is 6.10 Å². The molecule has 23 heavy (non-hydrogen) atoms. The van der Waals surface area contributed by atoms with Gasteiger partial charge in [-0.15, -0.1) is 0 Å². The summed E-state index contributed by atoms with van der Waals surface area (Å²) in [6, 6.07) is 16.3. The lowest BCUT2D eigenvalue weighted by Crippen LogP contribution is -2.19. The highest BCUT2D eigenvalue weighted by molar-refractivity contribution is 14.1. The van der Waals surface area contributed by atoms with Gasteiger partial charge in [0.05, 0.1) is 5.56 Å². The summed E-state index contributed by atoms with van der Waals surface area (Å²) in [5, 5.41) is 1.06. The van der Waals surface area contributed by atoms with Crippen molar-refractivity contribution in [1.29, 1.82) is 0 Å². The average Bonchev–Trinajstić information content (AvgIpc) is 2.85. The van der Waals surface area contributed by atoms with Gasteiger partial charge in [0.2, 0.25) is 0 Å². The normalized spacial score (nSPS) is 17.1. The van der Waals surface area contributed by atoms with Gasteiger partial charge in [-0.2, -0.15) is 0 Å². The maximum Gasteiger partial charge on any atom is 0.339 e. The molecule has 116 valence electrons. The van der Waals surface area contributed by atoms with E-state index in [1.807, 2.05) is 18.2 Å². The van der Waals surface area contributed by atoms with E-state index in [4.69, 9.17) is 4.74 Å². The summed E-state index contributed by atoms with van der Waals surface area (Å²) in [6.07, 6.45) is 2.91. The van der Waals surface area contributed by atoms with E-state index < -0.39 is 0 Å². The SMILES string of the molecule is O=C1OC(CI)Cc2cn(Cc3ccccc3)c3cccc1c23. The largest absolute Gasteiger partial charge is 0.458 e. The second-order valence-corrected chi connectivity index (χ2v) is 6.73. The molecule has 0 radical (unpaired) electrons. The molecule has 1 atom stereocenters. The molecule has 3 aromatic rings. The summed E-state index contributed by atoms with van der Waals surface area (Å²) >= 11 is 2.28. The first-order chi connectivity index (χ1) is 11.3. The van der Waals surface area contributed by atoms with Gasteiger partial charge in [-0.3, -0.25) is 0 Å². The summed E-state index contributed by atoms with van der Waals surface area (Å²) in [5.74, 6) is -0.200. The van der Waals surface area contributed by atoms with Crippen LogP contribution in [0, 0.1) is 0 Å². The fourth-order valence-electron chi connectivity index (χ4n) is 3.26. The topological polar surface area (TPSA) is 31.2 Å². The molecule has 1 aromatic heterocycles. The Balaban J connectivity index is 1.86. The number of alkyl halides is 1. The first-order valence-electron chi connectivity index (χ1n) is 7.68. The molecule has 0 saturated carbocycles. The Morgan fingerprint density at radius 1 is 1.13 bits per heavy atom. The number of nitrogens with zero attached hydrogens (tertiary/aromatic N) is 1. The average molecular weight is 417 g/mol. The van der Waals surface area contributed by atoms with Crippen molar-refractivity contribution in [3.8, 4) is 0 Å². The van der Waals surface area contributed by atoms with Crippen LogP contribution >= 0.6 is 22.6 Å². The van der Waals surface area contributed by atoms with Crippen molar-refractivity contribution in [2.24, 2.45) is 0 Å². The molecule has 1 unspecified atom stereocenters. The summed E-state index contributed by atoms with van der Waals surface area (Å²) in [7, 11) is 0. The minimum atomic E-state index is -0.200. The van der Waals surface area contributed by atoms with E-state index in [-0.39, 0.29) is 12.1 Å². The lowest BCUT2D eigenvalue weighted by Gasteiger charge is -2.12. The quantitative estimate of drug-likeness (QED) is 0.363. The molecule has 0 fully saturated rings. The maximum atomic E-state index is 12.4. The molecule has 3 nitrogen and oxygen atoms in total. The highest BCUT2D eigenvalue weighted by Crippen LogP contribution is 2.31. The van der Waals surface area contributed by atoms with E-state index in [0.29, 0.717) is 5.56 Å². The van der Waals surface area contributed by atoms with Crippen LogP contribution in [0.1, 0.15) is 21.5 Å². The number of hydrogen-bond acceptors (Lipinski definition) is 2. The summed E-state index contributed by atoms with van der Waals surface area (Å²) in [5.41, 5.74) is 4.26. The van der Waals surface area contributed by atoms with E-state index in [1.54, 1.807) is 0 Å². The summed E-state index contributed by atoms with van der Waals surface area (Å²) in [6.45, 7) is 0.810. The number of carbonyl (C=O) groups excluding carboxylic acids is 1. The number of cyclic esters (lactones) is 1. The van der Waals surface area contributed by atoms with Crippen molar-refractivity contribution in [3.63, 3.8) is 0 Å². The number of halogens is 1. The molecule has 0 bridgehead atoms. The van der Waals surface area contributed by atoms with Crippen LogP contribution in [0.2, 0.25) is 0 Å². The van der Waals surface area contributed by atoms with Gasteiger partial charge >= 0.3 is 5.97 Å². The molecule has 0 aliphatic carbocycles. The summed E-state index contributed by atoms with van der Waals surface area (Å²) < 4.78 is 8.64. The molecule has 0 amide bonds. The number of rotatable bonds is 3. The van der Waals surface area contributed by atoms with Crippen LogP contribution in [-0.4, -0.2) is 21.1 Å². The Morgan fingerprint density at radius 2 is 1.96 bits per heavy atom. The molecule has 4 rings (SSSR count). The summed E-state index contributed by atoms with van der Waals surface area (Å²) in [4.78, 5) is 12.4. The lowest BCUT2D eigenvalue weighted by molar-refractivity contribution is 0.0368. The molecule has 2 aromatic carbocycles. The van der Waals surface area contributed by atoms with E-state index in [0.717, 1.165) is 28.3 Å². The van der Waals surface area contributed by atoms with Crippen LogP contribution in [0.25, 0.3) is 10.9 Å². The minimum absolute atomic E-state index is 0.0497. The van der Waals surface area contributed by atoms with Crippen LogP contribution in [-0.2, 0) is 17.7 Å². The predicted octanol–water partition coefficient (Wildman–Crippen LogP) is 4.21. The van der Waals surface area contributed by atoms with Crippen molar-refractivity contribution < 1.29 is 9.53 Å². The van der Waals surface area contributed by atoms with Crippen molar-refractivity contribution in [1.82, 2.24) is 4.57 Å². The second kappa shape index (κ2) is 6.00. The molecule has 0 saturated heterocycles. The zero-order valence-electron chi connectivity index (χ0n) is 12.5. The van der Waals surface area contributed by atoms with Crippen LogP contribution in [0.5, 0.6) is 0 Å². The fourth-order valence-corrected chi connectivity index (χ4v) is 3.75. The molecular formula is C19H16INO2. The number of hydrogen-bond donors (Lipinski definition) is 0. The van der Waals surface area contributed by atoms with Gasteiger partial charge < -0.3 is 9.30 Å².